The van der Waals surface area contributed by atoms with E-state index < -0.39 is 11.5 Å². The Morgan fingerprint density at radius 1 is 1.10 bits per heavy atom. The van der Waals surface area contributed by atoms with Crippen LogP contribution in [-0.2, 0) is 0 Å². The molecule has 5 aromatic rings. The standard InChI is InChI=1S/C21H14N6O2S2/c28-20(25-22-11-14-8-9-17(31-14)16-7-4-10-30-16)18-15-12-23-27(13-5-2-1-3-6-13)19(15)21(29)26-24-18/h1-12H,(H,25,28)(H,26,29)/b22-11+. The van der Waals surface area contributed by atoms with Crippen LogP contribution in [0.2, 0.25) is 0 Å². The molecule has 0 atom stereocenters. The van der Waals surface area contributed by atoms with Crippen molar-refractivity contribution in [2.24, 2.45) is 5.10 Å². The molecule has 0 saturated carbocycles. The fraction of sp³-hybridized carbons (Fsp3) is 0. The normalized spacial score (nSPS) is 11.4. The molecule has 5 rings (SSSR count). The predicted octanol–water partition coefficient (Wildman–Crippen LogP) is 3.66. The summed E-state index contributed by atoms with van der Waals surface area (Å²) < 4.78 is 1.48. The van der Waals surface area contributed by atoms with Crippen LogP contribution in [0.25, 0.3) is 26.3 Å². The quantitative estimate of drug-likeness (QED) is 0.317. The second-order valence-electron chi connectivity index (χ2n) is 6.43. The Labute approximate surface area is 183 Å². The highest BCUT2D eigenvalue weighted by Crippen LogP contribution is 2.30. The highest BCUT2D eigenvalue weighted by atomic mass is 32.1. The van der Waals surface area contributed by atoms with Crippen LogP contribution in [-0.4, -0.2) is 32.1 Å². The van der Waals surface area contributed by atoms with Crippen LogP contribution in [0.5, 0.6) is 0 Å². The summed E-state index contributed by atoms with van der Waals surface area (Å²) in [6, 6.07) is 17.2. The molecular weight excluding hydrogens is 432 g/mol. The first-order valence-electron chi connectivity index (χ1n) is 9.19. The summed E-state index contributed by atoms with van der Waals surface area (Å²) in [6.07, 6.45) is 3.03. The van der Waals surface area contributed by atoms with Gasteiger partial charge in [-0.1, -0.05) is 24.3 Å². The number of carbonyl (C=O) groups excluding carboxylic acids is 1. The molecule has 0 spiro atoms. The molecule has 0 saturated heterocycles. The smallest absolute Gasteiger partial charge is 0.266 e. The molecule has 0 aliphatic carbocycles. The first kappa shape index (κ1) is 19.1. The van der Waals surface area contributed by atoms with E-state index in [0.717, 1.165) is 9.75 Å². The van der Waals surface area contributed by atoms with Gasteiger partial charge in [-0.2, -0.15) is 15.3 Å². The average molecular weight is 447 g/mol. The zero-order chi connectivity index (χ0) is 21.2. The molecular formula is C21H14N6O2S2. The number of hydrogen-bond donors (Lipinski definition) is 2. The molecule has 1 amide bonds. The molecule has 10 heteroatoms. The van der Waals surface area contributed by atoms with Crippen molar-refractivity contribution in [1.82, 2.24) is 25.4 Å². The van der Waals surface area contributed by atoms with Crippen molar-refractivity contribution in [2.45, 2.75) is 0 Å². The van der Waals surface area contributed by atoms with Crippen LogP contribution < -0.4 is 11.0 Å². The first-order chi connectivity index (χ1) is 15.2. The predicted molar refractivity (Wildman–Crippen MR) is 122 cm³/mol. The monoisotopic (exact) mass is 446 g/mol. The number of aromatic nitrogens is 4. The van der Waals surface area contributed by atoms with E-state index in [-0.39, 0.29) is 11.2 Å². The number of hydrogen-bond acceptors (Lipinski definition) is 7. The van der Waals surface area contributed by atoms with Gasteiger partial charge in [0.2, 0.25) is 0 Å². The maximum atomic E-state index is 12.7. The molecule has 31 heavy (non-hydrogen) atoms. The van der Waals surface area contributed by atoms with Crippen LogP contribution in [0.15, 0.2) is 76.1 Å². The van der Waals surface area contributed by atoms with E-state index >= 15 is 0 Å². The number of fused-ring (bicyclic) bond motifs is 1. The zero-order valence-corrected chi connectivity index (χ0v) is 17.5. The van der Waals surface area contributed by atoms with Crippen LogP contribution in [0.4, 0.5) is 0 Å². The summed E-state index contributed by atoms with van der Waals surface area (Å²) in [6.45, 7) is 0. The maximum Gasteiger partial charge on any atom is 0.292 e. The van der Waals surface area contributed by atoms with E-state index in [1.807, 2.05) is 53.9 Å². The number of nitrogens with zero attached hydrogens (tertiary/aromatic N) is 4. The SMILES string of the molecule is O=C(N/N=C/c1ccc(-c2cccs2)s1)c1n[nH]c(=O)c2c1cnn2-c1ccccc1. The van der Waals surface area contributed by atoms with Gasteiger partial charge in [0, 0.05) is 14.6 Å². The van der Waals surface area contributed by atoms with Crippen molar-refractivity contribution >= 4 is 45.7 Å². The number of hydrazone groups is 1. The molecule has 2 N–H and O–H groups in total. The van der Waals surface area contributed by atoms with Crippen LogP contribution >= 0.6 is 22.7 Å². The molecule has 0 bridgehead atoms. The molecule has 8 nitrogen and oxygen atoms in total. The second kappa shape index (κ2) is 8.09. The van der Waals surface area contributed by atoms with E-state index in [1.165, 1.54) is 15.8 Å². The molecule has 1 aromatic carbocycles. The van der Waals surface area contributed by atoms with Crippen molar-refractivity contribution in [3.63, 3.8) is 0 Å². The summed E-state index contributed by atoms with van der Waals surface area (Å²) >= 11 is 3.25. The zero-order valence-electron chi connectivity index (χ0n) is 15.9. The molecule has 0 radical (unpaired) electrons. The summed E-state index contributed by atoms with van der Waals surface area (Å²) in [7, 11) is 0. The molecule has 0 aliphatic rings. The minimum Gasteiger partial charge on any atom is -0.266 e. The third kappa shape index (κ3) is 3.69. The summed E-state index contributed by atoms with van der Waals surface area (Å²) in [5.41, 5.74) is 3.03. The molecule has 0 aliphatic heterocycles. The number of thiophene rings is 2. The number of rotatable bonds is 5. The van der Waals surface area contributed by atoms with Gasteiger partial charge in [0.15, 0.2) is 5.69 Å². The van der Waals surface area contributed by atoms with Gasteiger partial charge < -0.3 is 0 Å². The average Bonchev–Trinajstić information content (AvgIpc) is 3.55. The van der Waals surface area contributed by atoms with Gasteiger partial charge in [-0.25, -0.2) is 15.2 Å². The largest absolute Gasteiger partial charge is 0.292 e. The Morgan fingerprint density at radius 2 is 1.97 bits per heavy atom. The Balaban J connectivity index is 1.39. The van der Waals surface area contributed by atoms with E-state index in [9.17, 15) is 9.59 Å². The Bertz CT molecular complexity index is 1450. The maximum absolute atomic E-state index is 12.7. The molecule has 4 heterocycles. The van der Waals surface area contributed by atoms with Crippen molar-refractivity contribution < 1.29 is 4.79 Å². The van der Waals surface area contributed by atoms with E-state index in [2.05, 4.69) is 31.9 Å². The fourth-order valence-electron chi connectivity index (χ4n) is 3.08. The molecule has 152 valence electrons. The minimum absolute atomic E-state index is 0.0411. The lowest BCUT2D eigenvalue weighted by molar-refractivity contribution is 0.0951. The Hall–Kier alpha value is -3.89. The lowest BCUT2D eigenvalue weighted by Crippen LogP contribution is -2.23. The fourth-order valence-corrected chi connectivity index (χ4v) is 4.79. The number of H-pyrrole nitrogens is 1. The van der Waals surface area contributed by atoms with Gasteiger partial charge in [-0.15, -0.1) is 22.7 Å². The van der Waals surface area contributed by atoms with Crippen LogP contribution in [0.1, 0.15) is 15.4 Å². The van der Waals surface area contributed by atoms with Gasteiger partial charge in [-0.05, 0) is 35.7 Å². The number of aromatic amines is 1. The third-order valence-electron chi connectivity index (χ3n) is 4.47. The van der Waals surface area contributed by atoms with E-state index in [1.54, 1.807) is 28.9 Å². The van der Waals surface area contributed by atoms with Gasteiger partial charge >= 0.3 is 0 Å². The number of nitrogens with one attached hydrogen (secondary N) is 2. The Kier molecular flexibility index (Phi) is 4.98. The van der Waals surface area contributed by atoms with E-state index in [0.29, 0.717) is 11.1 Å². The molecule has 4 aromatic heterocycles. The number of para-hydroxylation sites is 1. The van der Waals surface area contributed by atoms with Crippen molar-refractivity contribution in [2.75, 3.05) is 0 Å². The van der Waals surface area contributed by atoms with Crippen LogP contribution in [0, 0.1) is 0 Å². The topological polar surface area (TPSA) is 105 Å². The second-order valence-corrected chi connectivity index (χ2v) is 8.50. The van der Waals surface area contributed by atoms with Crippen molar-refractivity contribution in [3.05, 3.63) is 87.1 Å². The number of carbonyl (C=O) groups is 1. The number of benzene rings is 1. The summed E-state index contributed by atoms with van der Waals surface area (Å²) in [4.78, 5) is 28.3. The van der Waals surface area contributed by atoms with Gasteiger partial charge in [0.05, 0.1) is 23.5 Å². The Morgan fingerprint density at radius 3 is 2.77 bits per heavy atom. The van der Waals surface area contributed by atoms with Gasteiger partial charge in [0.25, 0.3) is 11.5 Å². The summed E-state index contributed by atoms with van der Waals surface area (Å²) in [5, 5.41) is 17.0. The third-order valence-corrected chi connectivity index (χ3v) is 6.56. The highest BCUT2D eigenvalue weighted by molar-refractivity contribution is 7.22. The molecule has 0 unspecified atom stereocenters. The van der Waals surface area contributed by atoms with E-state index in [4.69, 9.17) is 0 Å². The van der Waals surface area contributed by atoms with Gasteiger partial charge in [0.1, 0.15) is 5.52 Å². The number of amides is 1. The van der Waals surface area contributed by atoms with Crippen LogP contribution in [0.3, 0.4) is 0 Å². The van der Waals surface area contributed by atoms with Gasteiger partial charge in [-0.3, -0.25) is 9.59 Å². The first-order valence-corrected chi connectivity index (χ1v) is 10.9. The lowest BCUT2D eigenvalue weighted by Gasteiger charge is -2.03. The molecule has 0 fully saturated rings. The van der Waals surface area contributed by atoms with Crippen molar-refractivity contribution in [3.8, 4) is 15.4 Å². The summed E-state index contributed by atoms with van der Waals surface area (Å²) in [5.74, 6) is -0.542. The lowest BCUT2D eigenvalue weighted by atomic mass is 10.2. The van der Waals surface area contributed by atoms with Crippen molar-refractivity contribution in [1.29, 1.82) is 0 Å². The highest BCUT2D eigenvalue weighted by Gasteiger charge is 2.18. The minimum atomic E-state index is -0.542.